The lowest BCUT2D eigenvalue weighted by molar-refractivity contribution is -0.146. The summed E-state index contributed by atoms with van der Waals surface area (Å²) >= 11 is 0. The fourth-order valence-electron chi connectivity index (χ4n) is 1.98. The van der Waals surface area contributed by atoms with Crippen molar-refractivity contribution in [1.82, 2.24) is 5.32 Å². The van der Waals surface area contributed by atoms with Gasteiger partial charge in [-0.3, -0.25) is 0 Å². The monoisotopic (exact) mass is 279 g/mol. The average molecular weight is 279 g/mol. The quantitative estimate of drug-likeness (QED) is 0.779. The minimum atomic E-state index is -1.20. The summed E-state index contributed by atoms with van der Waals surface area (Å²) in [6, 6.07) is 6.31. The van der Waals surface area contributed by atoms with Gasteiger partial charge < -0.3 is 19.9 Å². The number of amides is 1. The molecule has 108 valence electrons. The lowest BCUT2D eigenvalue weighted by atomic mass is 10.0. The summed E-state index contributed by atoms with van der Waals surface area (Å²) in [6.07, 6.45) is 0.124. The fourth-order valence-corrected chi connectivity index (χ4v) is 1.98. The summed E-state index contributed by atoms with van der Waals surface area (Å²) < 4.78 is 10.2. The first kappa shape index (κ1) is 14.2. The standard InChI is InChI=1S/C14H17NO5/c1-2-3-8-19-10-6-4-9(5-7-10)11-12(13(16)17)20-14(18)15-11/h4-7,11-12H,2-3,8H2,1H3,(H,15,18)(H,16,17)/t11-,12+/m1/s1. The molecular weight excluding hydrogens is 262 g/mol. The number of nitrogens with one attached hydrogen (secondary N) is 1. The van der Waals surface area contributed by atoms with Gasteiger partial charge in [-0.25, -0.2) is 9.59 Å². The number of carboxylic acid groups (broad SMARTS) is 1. The SMILES string of the molecule is CCCCOc1ccc([C@H]2NC(=O)O[C@@H]2C(=O)O)cc1. The topological polar surface area (TPSA) is 84.9 Å². The third-order valence-corrected chi connectivity index (χ3v) is 3.06. The molecule has 1 aromatic rings. The van der Waals surface area contributed by atoms with Gasteiger partial charge in [0.2, 0.25) is 6.10 Å². The van der Waals surface area contributed by atoms with E-state index in [1.54, 1.807) is 24.3 Å². The van der Waals surface area contributed by atoms with Crippen LogP contribution in [0.25, 0.3) is 0 Å². The molecule has 1 aliphatic heterocycles. The molecule has 0 saturated carbocycles. The van der Waals surface area contributed by atoms with E-state index in [2.05, 4.69) is 12.2 Å². The highest BCUT2D eigenvalue weighted by Gasteiger charge is 2.40. The maximum atomic E-state index is 11.2. The van der Waals surface area contributed by atoms with Crippen LogP contribution in [0.1, 0.15) is 31.4 Å². The summed E-state index contributed by atoms with van der Waals surface area (Å²) in [5.74, 6) is -0.448. The summed E-state index contributed by atoms with van der Waals surface area (Å²) in [6.45, 7) is 2.73. The number of alkyl carbamates (subject to hydrolysis) is 1. The Kier molecular flexibility index (Phi) is 4.45. The molecule has 2 atom stereocenters. The maximum absolute atomic E-state index is 11.2. The summed E-state index contributed by atoms with van der Waals surface area (Å²) in [5.41, 5.74) is 0.672. The van der Waals surface area contributed by atoms with Crippen molar-refractivity contribution < 1.29 is 24.2 Å². The van der Waals surface area contributed by atoms with Gasteiger partial charge in [-0.05, 0) is 24.1 Å². The Bertz CT molecular complexity index is 485. The molecule has 6 heteroatoms. The second-order valence-corrected chi connectivity index (χ2v) is 4.56. The Labute approximate surface area is 116 Å². The molecule has 2 N–H and O–H groups in total. The van der Waals surface area contributed by atoms with Crippen molar-refractivity contribution >= 4 is 12.1 Å². The highest BCUT2D eigenvalue weighted by molar-refractivity contribution is 5.82. The van der Waals surface area contributed by atoms with Crippen LogP contribution in [0.5, 0.6) is 5.75 Å². The second kappa shape index (κ2) is 6.27. The van der Waals surface area contributed by atoms with Gasteiger partial charge in [-0.2, -0.15) is 0 Å². The van der Waals surface area contributed by atoms with E-state index in [0.717, 1.165) is 18.6 Å². The molecule has 20 heavy (non-hydrogen) atoms. The Morgan fingerprint density at radius 3 is 2.70 bits per heavy atom. The number of carbonyl (C=O) groups is 2. The van der Waals surface area contributed by atoms with E-state index < -0.39 is 24.2 Å². The van der Waals surface area contributed by atoms with Crippen molar-refractivity contribution in [1.29, 1.82) is 0 Å². The molecule has 0 spiro atoms. The van der Waals surface area contributed by atoms with Crippen LogP contribution < -0.4 is 10.1 Å². The van der Waals surface area contributed by atoms with E-state index in [1.807, 2.05) is 0 Å². The molecule has 6 nitrogen and oxygen atoms in total. The lowest BCUT2D eigenvalue weighted by Gasteiger charge is -2.14. The highest BCUT2D eigenvalue weighted by atomic mass is 16.6. The zero-order valence-corrected chi connectivity index (χ0v) is 11.2. The van der Waals surface area contributed by atoms with Crippen molar-refractivity contribution in [2.45, 2.75) is 31.9 Å². The summed E-state index contributed by atoms with van der Waals surface area (Å²) in [4.78, 5) is 22.2. The van der Waals surface area contributed by atoms with Gasteiger partial charge in [0.25, 0.3) is 0 Å². The minimum Gasteiger partial charge on any atom is -0.494 e. The molecule has 1 saturated heterocycles. The number of ether oxygens (including phenoxy) is 2. The molecule has 0 bridgehead atoms. The molecule has 0 aromatic heterocycles. The van der Waals surface area contributed by atoms with Crippen molar-refractivity contribution in [2.24, 2.45) is 0 Å². The number of cyclic esters (lactones) is 1. The Morgan fingerprint density at radius 2 is 2.10 bits per heavy atom. The Hall–Kier alpha value is -2.24. The van der Waals surface area contributed by atoms with Crippen LogP contribution in [0.3, 0.4) is 0 Å². The van der Waals surface area contributed by atoms with Gasteiger partial charge >= 0.3 is 12.1 Å². The summed E-state index contributed by atoms with van der Waals surface area (Å²) in [7, 11) is 0. The Morgan fingerprint density at radius 1 is 1.40 bits per heavy atom. The normalized spacial score (nSPS) is 21.1. The fraction of sp³-hybridized carbons (Fsp3) is 0.429. The smallest absolute Gasteiger partial charge is 0.408 e. The van der Waals surface area contributed by atoms with Crippen LogP contribution in [-0.4, -0.2) is 29.9 Å². The molecule has 1 heterocycles. The van der Waals surface area contributed by atoms with Crippen LogP contribution in [0, 0.1) is 0 Å². The number of aliphatic carboxylic acids is 1. The van der Waals surface area contributed by atoms with E-state index in [4.69, 9.17) is 14.6 Å². The number of hydrogen-bond acceptors (Lipinski definition) is 4. The highest BCUT2D eigenvalue weighted by Crippen LogP contribution is 2.26. The maximum Gasteiger partial charge on any atom is 0.408 e. The van der Waals surface area contributed by atoms with E-state index in [-0.39, 0.29) is 0 Å². The predicted molar refractivity (Wildman–Crippen MR) is 70.6 cm³/mol. The molecular formula is C14H17NO5. The number of unbranched alkanes of at least 4 members (excludes halogenated alkanes) is 1. The average Bonchev–Trinajstić information content (AvgIpc) is 2.82. The van der Waals surface area contributed by atoms with Crippen LogP contribution >= 0.6 is 0 Å². The zero-order valence-electron chi connectivity index (χ0n) is 11.2. The number of carbonyl (C=O) groups excluding carboxylic acids is 1. The largest absolute Gasteiger partial charge is 0.494 e. The molecule has 1 amide bonds. The van der Waals surface area contributed by atoms with E-state index in [0.29, 0.717) is 12.2 Å². The van der Waals surface area contributed by atoms with Gasteiger partial charge in [0.1, 0.15) is 11.8 Å². The van der Waals surface area contributed by atoms with Crippen molar-refractivity contribution in [3.63, 3.8) is 0 Å². The molecule has 2 rings (SSSR count). The van der Waals surface area contributed by atoms with Crippen LogP contribution in [0.4, 0.5) is 4.79 Å². The van der Waals surface area contributed by atoms with Gasteiger partial charge in [0.05, 0.1) is 6.61 Å². The van der Waals surface area contributed by atoms with Gasteiger partial charge in [0.15, 0.2) is 0 Å². The van der Waals surface area contributed by atoms with Crippen LogP contribution in [-0.2, 0) is 9.53 Å². The molecule has 1 aliphatic rings. The van der Waals surface area contributed by atoms with E-state index >= 15 is 0 Å². The number of carboxylic acids is 1. The van der Waals surface area contributed by atoms with Gasteiger partial charge in [-0.15, -0.1) is 0 Å². The number of rotatable bonds is 6. The zero-order chi connectivity index (χ0) is 14.5. The first-order valence-electron chi connectivity index (χ1n) is 6.54. The van der Waals surface area contributed by atoms with Crippen LogP contribution in [0.2, 0.25) is 0 Å². The third kappa shape index (κ3) is 3.20. The van der Waals surface area contributed by atoms with Crippen molar-refractivity contribution in [3.05, 3.63) is 29.8 Å². The second-order valence-electron chi connectivity index (χ2n) is 4.56. The van der Waals surface area contributed by atoms with Gasteiger partial charge in [0, 0.05) is 0 Å². The molecule has 0 unspecified atom stereocenters. The molecule has 1 aromatic carbocycles. The van der Waals surface area contributed by atoms with E-state index in [9.17, 15) is 9.59 Å². The van der Waals surface area contributed by atoms with Crippen molar-refractivity contribution in [2.75, 3.05) is 6.61 Å². The predicted octanol–water partition coefficient (Wildman–Crippen LogP) is 2.10. The molecule has 0 aliphatic carbocycles. The first-order valence-corrected chi connectivity index (χ1v) is 6.54. The van der Waals surface area contributed by atoms with E-state index in [1.165, 1.54) is 0 Å². The molecule has 0 radical (unpaired) electrons. The number of benzene rings is 1. The summed E-state index contributed by atoms with van der Waals surface area (Å²) in [5, 5.41) is 11.5. The Balaban J connectivity index is 2.05. The molecule has 1 fully saturated rings. The van der Waals surface area contributed by atoms with Crippen LogP contribution in [0.15, 0.2) is 24.3 Å². The first-order chi connectivity index (χ1) is 9.61. The van der Waals surface area contributed by atoms with Crippen molar-refractivity contribution in [3.8, 4) is 5.75 Å². The minimum absolute atomic E-state index is 0.650. The number of hydrogen-bond donors (Lipinski definition) is 2. The third-order valence-electron chi connectivity index (χ3n) is 3.06. The van der Waals surface area contributed by atoms with Gasteiger partial charge in [-0.1, -0.05) is 25.5 Å². The lowest BCUT2D eigenvalue weighted by Crippen LogP contribution is -2.28.